The maximum Gasteiger partial charge on any atom is 0.152 e. The smallest absolute Gasteiger partial charge is 0.152 e. The molecule has 1 aliphatic rings. The quantitative estimate of drug-likeness (QED) is 0.862. The first-order chi connectivity index (χ1) is 8.33. The van der Waals surface area contributed by atoms with Gasteiger partial charge in [-0.15, -0.1) is 0 Å². The Kier molecular flexibility index (Phi) is 2.71. The second-order valence-electron chi connectivity index (χ2n) is 5.04. The summed E-state index contributed by atoms with van der Waals surface area (Å²) < 4.78 is 1.86. The minimum atomic E-state index is 0.569. The van der Waals surface area contributed by atoms with Crippen molar-refractivity contribution in [2.75, 3.05) is 5.32 Å². The Morgan fingerprint density at radius 3 is 2.88 bits per heavy atom. The van der Waals surface area contributed by atoms with Gasteiger partial charge in [-0.05, 0) is 37.7 Å². The lowest BCUT2D eigenvalue weighted by Crippen LogP contribution is -2.25. The highest BCUT2D eigenvalue weighted by Gasteiger charge is 2.18. The number of rotatable bonds is 2. The monoisotopic (exact) mass is 230 g/mol. The van der Waals surface area contributed by atoms with Crippen LogP contribution in [0.3, 0.4) is 0 Å². The van der Waals surface area contributed by atoms with Crippen LogP contribution in [0.15, 0.2) is 24.7 Å². The Bertz CT molecular complexity index is 497. The van der Waals surface area contributed by atoms with Crippen molar-refractivity contribution in [3.8, 4) is 0 Å². The molecule has 0 aliphatic heterocycles. The van der Waals surface area contributed by atoms with Crippen LogP contribution in [0.1, 0.15) is 32.6 Å². The van der Waals surface area contributed by atoms with Gasteiger partial charge in [0.2, 0.25) is 0 Å². The molecule has 1 fully saturated rings. The highest BCUT2D eigenvalue weighted by Crippen LogP contribution is 2.26. The van der Waals surface area contributed by atoms with Crippen molar-refractivity contribution in [1.82, 2.24) is 14.6 Å². The van der Waals surface area contributed by atoms with E-state index in [1.807, 2.05) is 23.0 Å². The Hall–Kier alpha value is -1.58. The van der Waals surface area contributed by atoms with E-state index in [1.54, 1.807) is 6.20 Å². The van der Waals surface area contributed by atoms with Gasteiger partial charge in [-0.25, -0.2) is 9.50 Å². The highest BCUT2D eigenvalue weighted by atomic mass is 15.2. The predicted molar refractivity (Wildman–Crippen MR) is 68.0 cm³/mol. The molecule has 3 rings (SSSR count). The molecule has 17 heavy (non-hydrogen) atoms. The van der Waals surface area contributed by atoms with E-state index in [0.717, 1.165) is 17.3 Å². The van der Waals surface area contributed by atoms with Crippen molar-refractivity contribution in [3.05, 3.63) is 24.7 Å². The van der Waals surface area contributed by atoms with Crippen LogP contribution in [0, 0.1) is 5.92 Å². The molecular formula is C13H18N4. The average molecular weight is 230 g/mol. The summed E-state index contributed by atoms with van der Waals surface area (Å²) >= 11 is 0. The predicted octanol–water partition coefficient (Wildman–Crippen LogP) is 2.72. The van der Waals surface area contributed by atoms with Gasteiger partial charge in [-0.3, -0.25) is 0 Å². The lowest BCUT2D eigenvalue weighted by Gasteiger charge is -2.27. The average Bonchev–Trinajstić information content (AvgIpc) is 2.81. The van der Waals surface area contributed by atoms with E-state index in [2.05, 4.69) is 22.3 Å². The summed E-state index contributed by atoms with van der Waals surface area (Å²) in [5, 5.41) is 7.78. The van der Waals surface area contributed by atoms with Crippen LogP contribution in [-0.4, -0.2) is 20.6 Å². The van der Waals surface area contributed by atoms with Gasteiger partial charge in [-0.1, -0.05) is 6.92 Å². The first-order valence-corrected chi connectivity index (χ1v) is 6.38. The standard InChI is InChI=1S/C13H18N4/c1-10-2-4-11(5-3-10)16-13-12-6-7-15-17(12)9-8-14-13/h6-11H,2-5H2,1H3,(H,14,16). The molecule has 4 heteroatoms. The van der Waals surface area contributed by atoms with Crippen LogP contribution in [-0.2, 0) is 0 Å². The number of aromatic nitrogens is 3. The van der Waals surface area contributed by atoms with Crippen molar-refractivity contribution >= 4 is 11.3 Å². The van der Waals surface area contributed by atoms with Gasteiger partial charge in [0.05, 0.1) is 6.20 Å². The van der Waals surface area contributed by atoms with E-state index in [4.69, 9.17) is 0 Å². The lowest BCUT2D eigenvalue weighted by molar-refractivity contribution is 0.361. The number of hydrogen-bond acceptors (Lipinski definition) is 3. The summed E-state index contributed by atoms with van der Waals surface area (Å²) in [6.45, 7) is 2.34. The Labute approximate surface area is 101 Å². The van der Waals surface area contributed by atoms with Crippen LogP contribution in [0.4, 0.5) is 5.82 Å². The topological polar surface area (TPSA) is 42.2 Å². The van der Waals surface area contributed by atoms with Gasteiger partial charge >= 0.3 is 0 Å². The fraction of sp³-hybridized carbons (Fsp3) is 0.538. The second-order valence-corrected chi connectivity index (χ2v) is 5.04. The van der Waals surface area contributed by atoms with E-state index in [1.165, 1.54) is 25.7 Å². The molecule has 1 N–H and O–H groups in total. The molecule has 2 aromatic rings. The molecule has 0 atom stereocenters. The molecule has 1 aliphatic carbocycles. The third kappa shape index (κ3) is 2.12. The van der Waals surface area contributed by atoms with E-state index < -0.39 is 0 Å². The van der Waals surface area contributed by atoms with Crippen molar-refractivity contribution < 1.29 is 0 Å². The minimum Gasteiger partial charge on any atom is -0.366 e. The van der Waals surface area contributed by atoms with E-state index >= 15 is 0 Å². The zero-order chi connectivity index (χ0) is 11.7. The van der Waals surface area contributed by atoms with Crippen LogP contribution in [0.25, 0.3) is 5.52 Å². The fourth-order valence-electron chi connectivity index (χ4n) is 2.57. The van der Waals surface area contributed by atoms with Gasteiger partial charge in [-0.2, -0.15) is 5.10 Å². The third-order valence-electron chi connectivity index (χ3n) is 3.68. The summed E-state index contributed by atoms with van der Waals surface area (Å²) in [7, 11) is 0. The number of nitrogens with zero attached hydrogens (tertiary/aromatic N) is 3. The zero-order valence-electron chi connectivity index (χ0n) is 10.1. The normalized spacial score (nSPS) is 25.0. The SMILES string of the molecule is CC1CCC(Nc2nccn3nccc23)CC1. The molecule has 0 radical (unpaired) electrons. The first kappa shape index (κ1) is 10.6. The van der Waals surface area contributed by atoms with Crippen LogP contribution in [0.5, 0.6) is 0 Å². The molecule has 0 amide bonds. The maximum atomic E-state index is 4.42. The molecular weight excluding hydrogens is 212 g/mol. The molecule has 0 spiro atoms. The number of fused-ring (bicyclic) bond motifs is 1. The summed E-state index contributed by atoms with van der Waals surface area (Å²) in [5.41, 5.74) is 1.06. The fourth-order valence-corrected chi connectivity index (χ4v) is 2.57. The molecule has 0 saturated heterocycles. The van der Waals surface area contributed by atoms with Crippen LogP contribution >= 0.6 is 0 Å². The summed E-state index contributed by atoms with van der Waals surface area (Å²) in [4.78, 5) is 4.42. The van der Waals surface area contributed by atoms with Crippen molar-refractivity contribution in [3.63, 3.8) is 0 Å². The third-order valence-corrected chi connectivity index (χ3v) is 3.68. The van der Waals surface area contributed by atoms with Crippen LogP contribution < -0.4 is 5.32 Å². The van der Waals surface area contributed by atoms with E-state index in [0.29, 0.717) is 6.04 Å². The second kappa shape index (κ2) is 4.35. The maximum absolute atomic E-state index is 4.42. The zero-order valence-corrected chi connectivity index (χ0v) is 10.1. The van der Waals surface area contributed by atoms with Gasteiger partial charge in [0.25, 0.3) is 0 Å². The lowest BCUT2D eigenvalue weighted by atomic mass is 9.87. The molecule has 2 heterocycles. The molecule has 4 nitrogen and oxygen atoms in total. The van der Waals surface area contributed by atoms with Crippen molar-refractivity contribution in [2.24, 2.45) is 5.92 Å². The van der Waals surface area contributed by atoms with Crippen LogP contribution in [0.2, 0.25) is 0 Å². The van der Waals surface area contributed by atoms with Crippen molar-refractivity contribution in [2.45, 2.75) is 38.6 Å². The Morgan fingerprint density at radius 1 is 1.24 bits per heavy atom. The molecule has 90 valence electrons. The first-order valence-electron chi connectivity index (χ1n) is 6.38. The minimum absolute atomic E-state index is 0.569. The van der Waals surface area contributed by atoms with Crippen molar-refractivity contribution in [1.29, 1.82) is 0 Å². The Morgan fingerprint density at radius 2 is 2.06 bits per heavy atom. The molecule has 0 unspecified atom stereocenters. The summed E-state index contributed by atoms with van der Waals surface area (Å²) in [6.07, 6.45) is 10.6. The number of nitrogens with one attached hydrogen (secondary N) is 1. The Balaban J connectivity index is 1.78. The summed E-state index contributed by atoms with van der Waals surface area (Å²) in [5.74, 6) is 1.84. The summed E-state index contributed by atoms with van der Waals surface area (Å²) in [6, 6.07) is 2.57. The van der Waals surface area contributed by atoms with E-state index in [-0.39, 0.29) is 0 Å². The van der Waals surface area contributed by atoms with E-state index in [9.17, 15) is 0 Å². The molecule has 0 aromatic carbocycles. The molecule has 2 aromatic heterocycles. The van der Waals surface area contributed by atoms with Gasteiger partial charge in [0.1, 0.15) is 5.52 Å². The highest BCUT2D eigenvalue weighted by molar-refractivity contribution is 5.67. The molecule has 0 bridgehead atoms. The largest absolute Gasteiger partial charge is 0.366 e. The number of anilines is 1. The van der Waals surface area contributed by atoms with Gasteiger partial charge in [0, 0.05) is 18.4 Å². The van der Waals surface area contributed by atoms with Gasteiger partial charge in [0.15, 0.2) is 5.82 Å². The van der Waals surface area contributed by atoms with Gasteiger partial charge < -0.3 is 5.32 Å². The number of hydrogen-bond donors (Lipinski definition) is 1. The molecule has 1 saturated carbocycles.